The van der Waals surface area contributed by atoms with Crippen molar-refractivity contribution in [2.24, 2.45) is 4.99 Å². The first-order valence-corrected chi connectivity index (χ1v) is 5.15. The van der Waals surface area contributed by atoms with Gasteiger partial charge in [0.2, 0.25) is 12.4 Å². The van der Waals surface area contributed by atoms with Gasteiger partial charge in [-0.3, -0.25) is 0 Å². The SMILES string of the molecule is C=C(C)C(=O)OC(CCN=C=O)OC(=O)C(=C)C. The minimum absolute atomic E-state index is 0.0289. The Bertz CT molecular complexity index is 379. The van der Waals surface area contributed by atoms with Gasteiger partial charge in [-0.25, -0.2) is 19.4 Å². The molecule has 0 radical (unpaired) electrons. The molecular formula is C12H15NO5. The lowest BCUT2D eigenvalue weighted by Crippen LogP contribution is -2.26. The highest BCUT2D eigenvalue weighted by atomic mass is 16.7. The zero-order valence-corrected chi connectivity index (χ0v) is 10.4. The second-order valence-corrected chi connectivity index (χ2v) is 3.56. The van der Waals surface area contributed by atoms with Crippen LogP contribution in [-0.4, -0.2) is 30.9 Å². The average Bonchev–Trinajstić information content (AvgIpc) is 2.28. The molecule has 0 unspecified atom stereocenters. The molecule has 0 aliphatic heterocycles. The Morgan fingerprint density at radius 2 is 1.61 bits per heavy atom. The summed E-state index contributed by atoms with van der Waals surface area (Å²) in [7, 11) is 0. The highest BCUT2D eigenvalue weighted by Crippen LogP contribution is 2.08. The molecule has 0 amide bonds. The number of ether oxygens (including phenoxy) is 2. The minimum atomic E-state index is -1.13. The van der Waals surface area contributed by atoms with Gasteiger partial charge in [-0.15, -0.1) is 0 Å². The molecule has 0 N–H and O–H groups in total. The van der Waals surface area contributed by atoms with Crippen molar-refractivity contribution in [3.8, 4) is 0 Å². The van der Waals surface area contributed by atoms with Crippen molar-refractivity contribution < 1.29 is 23.9 Å². The number of carbonyl (C=O) groups excluding carboxylic acids is 3. The summed E-state index contributed by atoms with van der Waals surface area (Å²) in [5, 5.41) is 0. The Morgan fingerprint density at radius 1 is 1.17 bits per heavy atom. The van der Waals surface area contributed by atoms with Crippen molar-refractivity contribution in [2.75, 3.05) is 6.54 Å². The minimum Gasteiger partial charge on any atom is -0.422 e. The van der Waals surface area contributed by atoms with E-state index in [9.17, 15) is 14.4 Å². The third-order valence-corrected chi connectivity index (χ3v) is 1.72. The van der Waals surface area contributed by atoms with E-state index in [0.717, 1.165) is 0 Å². The normalized spacial score (nSPS) is 9.28. The van der Waals surface area contributed by atoms with Gasteiger partial charge in [0.15, 0.2) is 0 Å². The molecule has 0 aromatic heterocycles. The van der Waals surface area contributed by atoms with Crippen molar-refractivity contribution >= 4 is 18.0 Å². The van der Waals surface area contributed by atoms with Gasteiger partial charge in [0.1, 0.15) is 0 Å². The molecule has 0 aliphatic rings. The van der Waals surface area contributed by atoms with Crippen molar-refractivity contribution in [2.45, 2.75) is 26.6 Å². The number of isocyanates is 1. The van der Waals surface area contributed by atoms with E-state index in [1.165, 1.54) is 19.9 Å². The van der Waals surface area contributed by atoms with Crippen LogP contribution in [0.4, 0.5) is 0 Å². The number of nitrogens with zero attached hydrogens (tertiary/aromatic N) is 1. The number of hydrogen-bond acceptors (Lipinski definition) is 6. The summed E-state index contributed by atoms with van der Waals surface area (Å²) >= 11 is 0. The van der Waals surface area contributed by atoms with E-state index in [1.54, 1.807) is 0 Å². The molecule has 6 nitrogen and oxygen atoms in total. The summed E-state index contributed by atoms with van der Waals surface area (Å²) in [6, 6.07) is 0. The van der Waals surface area contributed by atoms with Crippen molar-refractivity contribution in [3.05, 3.63) is 24.3 Å². The van der Waals surface area contributed by atoms with Crippen LogP contribution in [0.5, 0.6) is 0 Å². The molecule has 6 heteroatoms. The summed E-state index contributed by atoms with van der Waals surface area (Å²) < 4.78 is 9.73. The third-order valence-electron chi connectivity index (χ3n) is 1.72. The van der Waals surface area contributed by atoms with Gasteiger partial charge in [0.05, 0.1) is 6.54 Å². The van der Waals surface area contributed by atoms with E-state index in [-0.39, 0.29) is 24.1 Å². The fourth-order valence-corrected chi connectivity index (χ4v) is 0.797. The number of rotatable bonds is 7. The van der Waals surface area contributed by atoms with Crippen molar-refractivity contribution in [1.82, 2.24) is 0 Å². The molecule has 0 saturated heterocycles. The molecule has 98 valence electrons. The predicted octanol–water partition coefficient (Wildman–Crippen LogP) is 1.28. The molecule has 0 heterocycles. The standard InChI is InChI=1S/C12H15NO5/c1-8(2)11(15)17-10(5-6-13-7-14)18-12(16)9(3)4/h10H,1,3,5-6H2,2,4H3. The Hall–Kier alpha value is -2.20. The van der Waals surface area contributed by atoms with E-state index >= 15 is 0 Å². The number of aliphatic imine (C=N–C) groups is 1. The largest absolute Gasteiger partial charge is 0.422 e. The average molecular weight is 253 g/mol. The smallest absolute Gasteiger partial charge is 0.336 e. The van der Waals surface area contributed by atoms with Gasteiger partial charge in [-0.05, 0) is 13.8 Å². The van der Waals surface area contributed by atoms with E-state index < -0.39 is 18.2 Å². The molecular weight excluding hydrogens is 238 g/mol. The first kappa shape index (κ1) is 15.8. The summed E-state index contributed by atoms with van der Waals surface area (Å²) in [4.78, 5) is 35.8. The van der Waals surface area contributed by atoms with Gasteiger partial charge in [0.25, 0.3) is 0 Å². The third kappa shape index (κ3) is 6.40. The molecule has 0 atom stereocenters. The lowest BCUT2D eigenvalue weighted by molar-refractivity contribution is -0.182. The molecule has 0 spiro atoms. The molecule has 0 aliphatic carbocycles. The van der Waals surface area contributed by atoms with E-state index in [0.29, 0.717) is 0 Å². The van der Waals surface area contributed by atoms with Crippen LogP contribution < -0.4 is 0 Å². The van der Waals surface area contributed by atoms with Crippen LogP contribution in [0.1, 0.15) is 20.3 Å². The molecule has 0 rings (SSSR count). The molecule has 0 fully saturated rings. The fraction of sp³-hybridized carbons (Fsp3) is 0.417. The van der Waals surface area contributed by atoms with Crippen LogP contribution in [-0.2, 0) is 23.9 Å². The first-order chi connectivity index (χ1) is 8.38. The van der Waals surface area contributed by atoms with Crippen LogP contribution in [0, 0.1) is 0 Å². The van der Waals surface area contributed by atoms with Crippen LogP contribution in [0.25, 0.3) is 0 Å². The monoisotopic (exact) mass is 253 g/mol. The number of carbonyl (C=O) groups is 2. The lowest BCUT2D eigenvalue weighted by atomic mass is 10.3. The van der Waals surface area contributed by atoms with Crippen LogP contribution in [0.2, 0.25) is 0 Å². The highest BCUT2D eigenvalue weighted by Gasteiger charge is 2.19. The van der Waals surface area contributed by atoms with Crippen LogP contribution in [0.3, 0.4) is 0 Å². The molecule has 18 heavy (non-hydrogen) atoms. The number of esters is 2. The fourth-order valence-electron chi connectivity index (χ4n) is 0.797. The van der Waals surface area contributed by atoms with E-state index in [4.69, 9.17) is 9.47 Å². The Labute approximate surface area is 105 Å². The summed E-state index contributed by atoms with van der Waals surface area (Å²) in [5.41, 5.74) is 0.343. The molecule has 0 bridgehead atoms. The Kier molecular flexibility index (Phi) is 7.00. The zero-order valence-electron chi connectivity index (χ0n) is 10.4. The maximum absolute atomic E-state index is 11.3. The first-order valence-electron chi connectivity index (χ1n) is 5.15. The topological polar surface area (TPSA) is 82.0 Å². The maximum Gasteiger partial charge on any atom is 0.336 e. The lowest BCUT2D eigenvalue weighted by Gasteiger charge is -2.17. The predicted molar refractivity (Wildman–Crippen MR) is 63.2 cm³/mol. The Balaban J connectivity index is 4.55. The van der Waals surface area contributed by atoms with Crippen molar-refractivity contribution in [1.29, 1.82) is 0 Å². The summed E-state index contributed by atoms with van der Waals surface area (Å²) in [6.45, 7) is 9.75. The van der Waals surface area contributed by atoms with Crippen molar-refractivity contribution in [3.63, 3.8) is 0 Å². The van der Waals surface area contributed by atoms with E-state index in [2.05, 4.69) is 18.2 Å². The summed E-state index contributed by atoms with van der Waals surface area (Å²) in [6.07, 6.45) is 0.268. The quantitative estimate of drug-likeness (QED) is 0.224. The van der Waals surface area contributed by atoms with Gasteiger partial charge in [-0.1, -0.05) is 13.2 Å². The highest BCUT2D eigenvalue weighted by molar-refractivity contribution is 5.88. The van der Waals surface area contributed by atoms with Gasteiger partial charge >= 0.3 is 11.9 Å². The summed E-state index contributed by atoms with van der Waals surface area (Å²) in [5.74, 6) is -1.38. The maximum atomic E-state index is 11.3. The van der Waals surface area contributed by atoms with Crippen LogP contribution in [0.15, 0.2) is 29.3 Å². The molecule has 0 saturated carbocycles. The Morgan fingerprint density at radius 3 is 1.94 bits per heavy atom. The second kappa shape index (κ2) is 7.97. The van der Waals surface area contributed by atoms with E-state index in [1.807, 2.05) is 0 Å². The van der Waals surface area contributed by atoms with Gasteiger partial charge in [-0.2, -0.15) is 0 Å². The van der Waals surface area contributed by atoms with Crippen LogP contribution >= 0.6 is 0 Å². The van der Waals surface area contributed by atoms with Gasteiger partial charge in [0, 0.05) is 17.6 Å². The molecule has 0 aromatic rings. The second-order valence-electron chi connectivity index (χ2n) is 3.56. The van der Waals surface area contributed by atoms with Gasteiger partial charge < -0.3 is 9.47 Å². The molecule has 0 aromatic carbocycles. The number of hydrogen-bond donors (Lipinski definition) is 0. The zero-order chi connectivity index (χ0) is 14.1.